The summed E-state index contributed by atoms with van der Waals surface area (Å²) >= 11 is 0. The van der Waals surface area contributed by atoms with Gasteiger partial charge in [0, 0.05) is 0 Å². The summed E-state index contributed by atoms with van der Waals surface area (Å²) in [7, 11) is 0. The highest BCUT2D eigenvalue weighted by molar-refractivity contribution is 5.33. The van der Waals surface area contributed by atoms with E-state index in [1.807, 2.05) is 19.9 Å². The summed E-state index contributed by atoms with van der Waals surface area (Å²) in [6.07, 6.45) is -6.32. The van der Waals surface area contributed by atoms with Crippen molar-refractivity contribution >= 4 is 0 Å². The van der Waals surface area contributed by atoms with Crippen LogP contribution >= 0.6 is 0 Å². The van der Waals surface area contributed by atoms with Gasteiger partial charge in [-0.1, -0.05) is 6.07 Å². The first-order valence-electron chi connectivity index (χ1n) is 6.48. The third-order valence-electron chi connectivity index (χ3n) is 3.58. The summed E-state index contributed by atoms with van der Waals surface area (Å²) in [5.41, 5.74) is 2.12. The van der Waals surface area contributed by atoms with E-state index in [1.165, 1.54) is 0 Å². The number of benzene rings is 1. The predicted molar refractivity (Wildman–Crippen MR) is 70.3 cm³/mol. The Labute approximate surface area is 117 Å². The lowest BCUT2D eigenvalue weighted by molar-refractivity contribution is -0.277. The molecule has 6 heteroatoms. The fraction of sp³-hybridized carbons (Fsp3) is 0.571. The van der Waals surface area contributed by atoms with Crippen LogP contribution in [-0.2, 0) is 4.74 Å². The van der Waals surface area contributed by atoms with Crippen molar-refractivity contribution in [2.24, 2.45) is 0 Å². The fourth-order valence-corrected chi connectivity index (χ4v) is 2.09. The quantitative estimate of drug-likeness (QED) is 0.596. The first-order chi connectivity index (χ1) is 9.43. The molecule has 0 unspecified atom stereocenters. The van der Waals surface area contributed by atoms with Crippen LogP contribution in [0.5, 0.6) is 5.75 Å². The second-order valence-corrected chi connectivity index (χ2v) is 5.06. The molecule has 20 heavy (non-hydrogen) atoms. The van der Waals surface area contributed by atoms with Crippen LogP contribution in [0.4, 0.5) is 0 Å². The number of rotatable bonds is 3. The number of ether oxygens (including phenoxy) is 2. The molecule has 1 aromatic rings. The largest absolute Gasteiger partial charge is 0.462 e. The molecule has 0 aromatic heterocycles. The molecule has 4 N–H and O–H groups in total. The summed E-state index contributed by atoms with van der Waals surface area (Å²) in [6.45, 7) is 3.42. The van der Waals surface area contributed by atoms with Gasteiger partial charge in [-0.15, -0.1) is 0 Å². The lowest BCUT2D eigenvalue weighted by atomic mass is 9.99. The molecule has 1 saturated heterocycles. The van der Waals surface area contributed by atoms with Crippen LogP contribution in [0, 0.1) is 13.8 Å². The Morgan fingerprint density at radius 2 is 1.75 bits per heavy atom. The van der Waals surface area contributed by atoms with Crippen LogP contribution < -0.4 is 4.74 Å². The van der Waals surface area contributed by atoms with Gasteiger partial charge in [-0.25, -0.2) is 0 Å². The van der Waals surface area contributed by atoms with Crippen molar-refractivity contribution in [1.29, 1.82) is 0 Å². The molecule has 6 nitrogen and oxygen atoms in total. The second-order valence-electron chi connectivity index (χ2n) is 5.06. The molecule has 0 radical (unpaired) electrons. The van der Waals surface area contributed by atoms with E-state index in [0.29, 0.717) is 5.75 Å². The molecule has 5 atom stereocenters. The van der Waals surface area contributed by atoms with Crippen molar-refractivity contribution in [2.45, 2.75) is 44.6 Å². The Morgan fingerprint density at radius 3 is 2.35 bits per heavy atom. The minimum Gasteiger partial charge on any atom is -0.462 e. The van der Waals surface area contributed by atoms with Gasteiger partial charge < -0.3 is 29.9 Å². The zero-order valence-electron chi connectivity index (χ0n) is 11.4. The van der Waals surface area contributed by atoms with Crippen LogP contribution in [0.1, 0.15) is 11.1 Å². The monoisotopic (exact) mass is 284 g/mol. The molecule has 1 aliphatic heterocycles. The highest BCUT2D eigenvalue weighted by atomic mass is 16.7. The van der Waals surface area contributed by atoms with Crippen LogP contribution in [0.15, 0.2) is 18.2 Å². The molecule has 0 amide bonds. The number of aryl methyl sites for hydroxylation is 2. The number of hydrogen-bond acceptors (Lipinski definition) is 6. The molecule has 2 rings (SSSR count). The van der Waals surface area contributed by atoms with E-state index in [2.05, 4.69) is 0 Å². The van der Waals surface area contributed by atoms with E-state index in [4.69, 9.17) is 14.6 Å². The van der Waals surface area contributed by atoms with E-state index in [1.54, 1.807) is 12.1 Å². The minimum atomic E-state index is -1.43. The zero-order valence-corrected chi connectivity index (χ0v) is 11.4. The van der Waals surface area contributed by atoms with Crippen LogP contribution in [-0.4, -0.2) is 57.7 Å². The molecular weight excluding hydrogens is 264 g/mol. The van der Waals surface area contributed by atoms with Gasteiger partial charge >= 0.3 is 0 Å². The third kappa shape index (κ3) is 2.94. The smallest absolute Gasteiger partial charge is 0.229 e. The highest BCUT2D eigenvalue weighted by Crippen LogP contribution is 2.25. The SMILES string of the molecule is Cc1ccc(O[C@H]2O[C@@H](CO)[C@@H](O)[C@@H](O)[C@H]2O)cc1C. The Morgan fingerprint density at radius 1 is 1.05 bits per heavy atom. The Hall–Kier alpha value is -1.18. The summed E-state index contributed by atoms with van der Waals surface area (Å²) in [4.78, 5) is 0. The minimum absolute atomic E-state index is 0.474. The third-order valence-corrected chi connectivity index (χ3v) is 3.58. The first-order valence-corrected chi connectivity index (χ1v) is 6.48. The van der Waals surface area contributed by atoms with E-state index in [0.717, 1.165) is 11.1 Å². The zero-order chi connectivity index (χ0) is 14.9. The Kier molecular flexibility index (Phi) is 4.62. The van der Waals surface area contributed by atoms with Crippen molar-refractivity contribution in [1.82, 2.24) is 0 Å². The van der Waals surface area contributed by atoms with Gasteiger partial charge in [0.1, 0.15) is 30.2 Å². The van der Waals surface area contributed by atoms with Crippen molar-refractivity contribution in [3.05, 3.63) is 29.3 Å². The van der Waals surface area contributed by atoms with Gasteiger partial charge in [-0.2, -0.15) is 0 Å². The lowest BCUT2D eigenvalue weighted by Crippen LogP contribution is -2.60. The molecule has 0 aliphatic carbocycles. The maximum atomic E-state index is 9.86. The van der Waals surface area contributed by atoms with Gasteiger partial charge in [0.2, 0.25) is 6.29 Å². The number of aliphatic hydroxyl groups excluding tert-OH is 4. The second kappa shape index (κ2) is 6.07. The van der Waals surface area contributed by atoms with Crippen molar-refractivity contribution < 1.29 is 29.9 Å². The summed E-state index contributed by atoms with van der Waals surface area (Å²) in [5, 5.41) is 38.3. The average Bonchev–Trinajstić information content (AvgIpc) is 2.43. The number of aliphatic hydroxyl groups is 4. The molecular formula is C14H20O6. The molecule has 112 valence electrons. The van der Waals surface area contributed by atoms with E-state index < -0.39 is 37.3 Å². The normalized spacial score (nSPS) is 34.0. The lowest BCUT2D eigenvalue weighted by Gasteiger charge is -2.39. The maximum Gasteiger partial charge on any atom is 0.229 e. The van der Waals surface area contributed by atoms with E-state index in [9.17, 15) is 15.3 Å². The van der Waals surface area contributed by atoms with Gasteiger partial charge in [-0.3, -0.25) is 0 Å². The van der Waals surface area contributed by atoms with Crippen molar-refractivity contribution in [2.75, 3.05) is 6.61 Å². The average molecular weight is 284 g/mol. The van der Waals surface area contributed by atoms with Crippen LogP contribution in [0.25, 0.3) is 0 Å². The first kappa shape index (κ1) is 15.2. The van der Waals surface area contributed by atoms with Gasteiger partial charge in [0.25, 0.3) is 0 Å². The molecule has 0 spiro atoms. The van der Waals surface area contributed by atoms with Gasteiger partial charge in [-0.05, 0) is 37.1 Å². The van der Waals surface area contributed by atoms with Gasteiger partial charge in [0.05, 0.1) is 6.61 Å². The van der Waals surface area contributed by atoms with E-state index >= 15 is 0 Å². The highest BCUT2D eigenvalue weighted by Gasteiger charge is 2.44. The topological polar surface area (TPSA) is 99.4 Å². The van der Waals surface area contributed by atoms with Crippen molar-refractivity contribution in [3.8, 4) is 5.75 Å². The Balaban J connectivity index is 2.13. The summed E-state index contributed by atoms with van der Waals surface area (Å²) in [6, 6.07) is 5.38. The molecule has 1 fully saturated rings. The molecule has 0 saturated carbocycles. The van der Waals surface area contributed by atoms with Gasteiger partial charge in [0.15, 0.2) is 0 Å². The number of hydrogen-bond donors (Lipinski definition) is 4. The summed E-state index contributed by atoms with van der Waals surface area (Å²) < 4.78 is 10.8. The van der Waals surface area contributed by atoms with E-state index in [-0.39, 0.29) is 0 Å². The predicted octanol–water partition coefficient (Wildman–Crippen LogP) is -0.518. The standard InChI is InChI=1S/C14H20O6/c1-7-3-4-9(5-8(7)2)19-14-13(18)12(17)11(16)10(6-15)20-14/h3-5,10-18H,6H2,1-2H3/t10-,11+,12+,13+,14-/m0/s1. The molecule has 1 aliphatic rings. The van der Waals surface area contributed by atoms with Crippen LogP contribution in [0.2, 0.25) is 0 Å². The summed E-state index contributed by atoms with van der Waals surface area (Å²) in [5.74, 6) is 0.484. The molecule has 0 bridgehead atoms. The van der Waals surface area contributed by atoms with Crippen molar-refractivity contribution in [3.63, 3.8) is 0 Å². The maximum absolute atomic E-state index is 9.86. The van der Waals surface area contributed by atoms with Crippen LogP contribution in [0.3, 0.4) is 0 Å². The molecule has 1 aromatic carbocycles. The molecule has 1 heterocycles. The Bertz CT molecular complexity index is 461. The fourth-order valence-electron chi connectivity index (χ4n) is 2.09.